The average molecular weight is 705 g/mol. The summed E-state index contributed by atoms with van der Waals surface area (Å²) < 4.78 is 15.3. The number of nitrogens with zero attached hydrogens (tertiary/aromatic N) is 4. The lowest BCUT2D eigenvalue weighted by Gasteiger charge is -2.14. The second kappa shape index (κ2) is 11.5. The quantitative estimate of drug-likeness (QED) is 0.182. The van der Waals surface area contributed by atoms with Gasteiger partial charge in [-0.1, -0.05) is 133 Å². The number of benzene rings is 8. The van der Waals surface area contributed by atoms with Gasteiger partial charge < -0.3 is 8.83 Å². The van der Waals surface area contributed by atoms with Crippen molar-refractivity contribution in [1.82, 2.24) is 19.5 Å². The van der Waals surface area contributed by atoms with Crippen LogP contribution in [0.25, 0.3) is 116 Å². The van der Waals surface area contributed by atoms with Gasteiger partial charge in [0.25, 0.3) is 0 Å². The summed E-state index contributed by atoms with van der Waals surface area (Å²) in [5.74, 6) is 1.66. The van der Waals surface area contributed by atoms with Gasteiger partial charge in [0.1, 0.15) is 22.3 Å². The zero-order valence-electron chi connectivity index (χ0n) is 29.3. The highest BCUT2D eigenvalue weighted by molar-refractivity contribution is 6.23. The molecule has 0 amide bonds. The smallest absolute Gasteiger partial charge is 0.238 e. The molecule has 0 spiro atoms. The Labute approximate surface area is 313 Å². The molecule has 0 saturated carbocycles. The largest absolute Gasteiger partial charge is 0.456 e. The van der Waals surface area contributed by atoms with Crippen LogP contribution in [0.2, 0.25) is 0 Å². The molecular formula is C49H28N4O2. The van der Waals surface area contributed by atoms with Gasteiger partial charge in [-0.15, -0.1) is 0 Å². The Kier molecular flexibility index (Phi) is 6.24. The van der Waals surface area contributed by atoms with Crippen LogP contribution in [0.15, 0.2) is 179 Å². The molecule has 0 saturated heterocycles. The summed E-state index contributed by atoms with van der Waals surface area (Å²) >= 11 is 0. The molecule has 0 unspecified atom stereocenters. The monoisotopic (exact) mass is 704 g/mol. The van der Waals surface area contributed by atoms with E-state index in [2.05, 4.69) is 108 Å². The van der Waals surface area contributed by atoms with Gasteiger partial charge in [0, 0.05) is 54.6 Å². The fourth-order valence-corrected chi connectivity index (χ4v) is 8.39. The molecule has 6 heteroatoms. The van der Waals surface area contributed by atoms with Crippen LogP contribution < -0.4 is 0 Å². The molecule has 0 aliphatic rings. The summed E-state index contributed by atoms with van der Waals surface area (Å²) in [7, 11) is 0. The molecule has 4 aromatic heterocycles. The third kappa shape index (κ3) is 4.46. The Morgan fingerprint density at radius 1 is 0.400 bits per heavy atom. The summed E-state index contributed by atoms with van der Waals surface area (Å²) in [6.07, 6.45) is 0. The molecular weight excluding hydrogens is 677 g/mol. The zero-order valence-corrected chi connectivity index (χ0v) is 29.3. The predicted octanol–water partition coefficient (Wildman–Crippen LogP) is 12.9. The average Bonchev–Trinajstić information content (AvgIpc) is 3.92. The van der Waals surface area contributed by atoms with E-state index in [4.69, 9.17) is 23.8 Å². The number of hydrogen-bond donors (Lipinski definition) is 0. The molecule has 12 rings (SSSR count). The normalized spacial score (nSPS) is 12.0. The Balaban J connectivity index is 1.19. The standard InChI is InChI=1S/C49H28N4O2/c1-2-13-29(14-3-1)47-50-48(31-25-26-36-34-18-7-10-23-41(34)54-43(36)28-31)52-49(51-47)53-40-22-9-6-17-33(40)37-20-12-21-38(45(37)53)44-32-16-5-4-15-30(32)27-39-35-19-8-11-24-42(35)55-46(39)44/h1-28H. The second-order valence-corrected chi connectivity index (χ2v) is 14.0. The van der Waals surface area contributed by atoms with E-state index in [1.807, 2.05) is 66.7 Å². The maximum Gasteiger partial charge on any atom is 0.238 e. The molecule has 0 fully saturated rings. The van der Waals surface area contributed by atoms with Crippen LogP contribution >= 0.6 is 0 Å². The maximum atomic E-state index is 6.77. The van der Waals surface area contributed by atoms with Gasteiger partial charge in [-0.2, -0.15) is 9.97 Å². The van der Waals surface area contributed by atoms with Crippen LogP contribution in [0.3, 0.4) is 0 Å². The van der Waals surface area contributed by atoms with E-state index in [-0.39, 0.29) is 0 Å². The highest BCUT2D eigenvalue weighted by Crippen LogP contribution is 2.45. The highest BCUT2D eigenvalue weighted by Gasteiger charge is 2.24. The topological polar surface area (TPSA) is 69.9 Å². The van der Waals surface area contributed by atoms with E-state index in [0.717, 1.165) is 98.7 Å². The van der Waals surface area contributed by atoms with E-state index < -0.39 is 0 Å². The molecule has 0 bridgehead atoms. The maximum absolute atomic E-state index is 6.77. The molecule has 8 aromatic carbocycles. The fourth-order valence-electron chi connectivity index (χ4n) is 8.39. The number of furan rings is 2. The van der Waals surface area contributed by atoms with Crippen molar-refractivity contribution in [2.45, 2.75) is 0 Å². The summed E-state index contributed by atoms with van der Waals surface area (Å²) in [6, 6.07) is 58.5. The van der Waals surface area contributed by atoms with Gasteiger partial charge in [0.05, 0.1) is 11.0 Å². The summed E-state index contributed by atoms with van der Waals surface area (Å²) in [5, 5.41) is 8.76. The Hall–Kier alpha value is -7.57. The lowest BCUT2D eigenvalue weighted by atomic mass is 9.93. The molecule has 55 heavy (non-hydrogen) atoms. The number of fused-ring (bicyclic) bond motifs is 10. The van der Waals surface area contributed by atoms with Gasteiger partial charge >= 0.3 is 0 Å². The number of aromatic nitrogens is 4. The van der Waals surface area contributed by atoms with Crippen molar-refractivity contribution in [3.8, 4) is 39.9 Å². The minimum atomic E-state index is 0.522. The third-order valence-corrected chi connectivity index (χ3v) is 10.8. The molecule has 6 nitrogen and oxygen atoms in total. The number of rotatable bonds is 4. The molecule has 256 valence electrons. The zero-order chi connectivity index (χ0) is 36.0. The van der Waals surface area contributed by atoms with Crippen LogP contribution in [-0.2, 0) is 0 Å². The van der Waals surface area contributed by atoms with Crippen LogP contribution in [0.5, 0.6) is 0 Å². The summed E-state index contributed by atoms with van der Waals surface area (Å²) in [6.45, 7) is 0. The first-order chi connectivity index (χ1) is 27.3. The fraction of sp³-hybridized carbons (Fsp3) is 0. The molecule has 0 aliphatic heterocycles. The van der Waals surface area contributed by atoms with Crippen LogP contribution in [0, 0.1) is 0 Å². The Morgan fingerprint density at radius 3 is 1.87 bits per heavy atom. The van der Waals surface area contributed by atoms with Gasteiger partial charge in [0.2, 0.25) is 5.95 Å². The van der Waals surface area contributed by atoms with Crippen molar-refractivity contribution in [2.24, 2.45) is 0 Å². The second-order valence-electron chi connectivity index (χ2n) is 14.0. The molecule has 0 N–H and O–H groups in total. The summed E-state index contributed by atoms with van der Waals surface area (Å²) in [4.78, 5) is 15.7. The predicted molar refractivity (Wildman–Crippen MR) is 223 cm³/mol. The van der Waals surface area contributed by atoms with E-state index in [1.165, 1.54) is 0 Å². The van der Waals surface area contributed by atoms with Gasteiger partial charge in [-0.3, -0.25) is 4.57 Å². The molecule has 0 radical (unpaired) electrons. The van der Waals surface area contributed by atoms with Crippen molar-refractivity contribution in [3.63, 3.8) is 0 Å². The Morgan fingerprint density at radius 2 is 1.04 bits per heavy atom. The lowest BCUT2D eigenvalue weighted by molar-refractivity contribution is 0.669. The number of hydrogen-bond acceptors (Lipinski definition) is 5. The van der Waals surface area contributed by atoms with Crippen molar-refractivity contribution >= 4 is 76.5 Å². The van der Waals surface area contributed by atoms with Crippen LogP contribution in [0.1, 0.15) is 0 Å². The molecule has 0 aliphatic carbocycles. The van der Waals surface area contributed by atoms with Crippen molar-refractivity contribution in [1.29, 1.82) is 0 Å². The molecule has 0 atom stereocenters. The van der Waals surface area contributed by atoms with Gasteiger partial charge in [0.15, 0.2) is 11.6 Å². The SMILES string of the molecule is c1ccc(-c2nc(-c3ccc4c(c3)oc3ccccc34)nc(-n3c4ccccc4c4cccc(-c5c6ccccc6cc6c5oc5ccccc56)c43)n2)cc1. The first-order valence-corrected chi connectivity index (χ1v) is 18.4. The van der Waals surface area contributed by atoms with Crippen LogP contribution in [0.4, 0.5) is 0 Å². The van der Waals surface area contributed by atoms with E-state index in [1.54, 1.807) is 0 Å². The first-order valence-electron chi connectivity index (χ1n) is 18.4. The minimum Gasteiger partial charge on any atom is -0.456 e. The van der Waals surface area contributed by atoms with E-state index >= 15 is 0 Å². The lowest BCUT2D eigenvalue weighted by Crippen LogP contribution is -2.07. The number of para-hydroxylation sites is 4. The molecule has 12 aromatic rings. The summed E-state index contributed by atoms with van der Waals surface area (Å²) in [5.41, 5.74) is 9.13. The van der Waals surface area contributed by atoms with Gasteiger partial charge in [-0.05, 0) is 47.2 Å². The van der Waals surface area contributed by atoms with E-state index in [9.17, 15) is 0 Å². The molecule has 4 heterocycles. The van der Waals surface area contributed by atoms with Crippen molar-refractivity contribution in [3.05, 3.63) is 170 Å². The first kappa shape index (κ1) is 29.9. The minimum absolute atomic E-state index is 0.522. The van der Waals surface area contributed by atoms with E-state index in [0.29, 0.717) is 17.6 Å². The Bertz CT molecular complexity index is 3500. The van der Waals surface area contributed by atoms with Gasteiger partial charge in [-0.25, -0.2) is 4.98 Å². The van der Waals surface area contributed by atoms with Crippen LogP contribution in [-0.4, -0.2) is 19.5 Å². The highest BCUT2D eigenvalue weighted by atomic mass is 16.3. The van der Waals surface area contributed by atoms with Crippen molar-refractivity contribution < 1.29 is 8.83 Å². The third-order valence-electron chi connectivity index (χ3n) is 10.8. The van der Waals surface area contributed by atoms with Crippen molar-refractivity contribution in [2.75, 3.05) is 0 Å².